The first-order chi connectivity index (χ1) is 9.91. The van der Waals surface area contributed by atoms with Crippen molar-refractivity contribution >= 4 is 10.2 Å². The Balaban J connectivity index is 1.79. The van der Waals surface area contributed by atoms with Crippen molar-refractivity contribution < 1.29 is 8.42 Å². The standard InChI is InChI=1S/C13H23N5O2S/c1-15(2)21(19,20)16(3)18-10-11-7-9-17-8-5-4-6-12(17)13(11)14-18/h4-6,11,13-14H,7-10H2,1-3H3. The number of hydrazine groups is 2. The minimum atomic E-state index is -3.45. The van der Waals surface area contributed by atoms with Gasteiger partial charge in [0, 0.05) is 46.5 Å². The third-order valence-corrected chi connectivity index (χ3v) is 6.27. The Morgan fingerprint density at radius 1 is 1.33 bits per heavy atom. The van der Waals surface area contributed by atoms with Gasteiger partial charge in [0.2, 0.25) is 0 Å². The minimum absolute atomic E-state index is 0.198. The maximum absolute atomic E-state index is 12.2. The van der Waals surface area contributed by atoms with Crippen LogP contribution < -0.4 is 5.43 Å². The number of nitrogens with zero attached hydrogens (tertiary/aromatic N) is 4. The quantitative estimate of drug-likeness (QED) is 0.769. The van der Waals surface area contributed by atoms with Crippen molar-refractivity contribution in [3.63, 3.8) is 0 Å². The predicted octanol–water partition coefficient (Wildman–Crippen LogP) is -0.396. The Hall–Kier alpha value is -0.930. The van der Waals surface area contributed by atoms with Crippen molar-refractivity contribution in [1.29, 1.82) is 0 Å². The highest BCUT2D eigenvalue weighted by atomic mass is 32.2. The summed E-state index contributed by atoms with van der Waals surface area (Å²) in [5.41, 5.74) is 4.63. The molecular formula is C13H23N5O2S. The van der Waals surface area contributed by atoms with Crippen LogP contribution in [0.1, 0.15) is 6.42 Å². The molecule has 2 fully saturated rings. The van der Waals surface area contributed by atoms with Crippen LogP contribution >= 0.6 is 0 Å². The van der Waals surface area contributed by atoms with Gasteiger partial charge in [0.25, 0.3) is 10.2 Å². The molecular weight excluding hydrogens is 290 g/mol. The molecule has 7 nitrogen and oxygen atoms in total. The molecule has 3 aliphatic heterocycles. The van der Waals surface area contributed by atoms with Crippen molar-refractivity contribution in [1.82, 2.24) is 24.2 Å². The van der Waals surface area contributed by atoms with Crippen molar-refractivity contribution in [2.24, 2.45) is 5.92 Å². The summed E-state index contributed by atoms with van der Waals surface area (Å²) in [6, 6.07) is 0.198. The first-order valence-corrected chi connectivity index (χ1v) is 8.62. The molecule has 0 aromatic carbocycles. The SMILES string of the molecule is CN(C)S(=O)(=O)N(C)N1CC2CCN3CC=CC=C3C2N1. The fourth-order valence-electron chi connectivity index (χ4n) is 3.18. The molecule has 2 atom stereocenters. The Morgan fingerprint density at radius 2 is 2.10 bits per heavy atom. The van der Waals surface area contributed by atoms with Crippen LogP contribution in [0.2, 0.25) is 0 Å². The van der Waals surface area contributed by atoms with Crippen LogP contribution in [0.25, 0.3) is 0 Å². The normalized spacial score (nSPS) is 29.8. The number of hydrogen-bond acceptors (Lipinski definition) is 5. The van der Waals surface area contributed by atoms with E-state index in [4.69, 9.17) is 0 Å². The first-order valence-electron chi connectivity index (χ1n) is 7.23. The van der Waals surface area contributed by atoms with Gasteiger partial charge in [0.15, 0.2) is 0 Å². The van der Waals surface area contributed by atoms with E-state index in [1.807, 2.05) is 0 Å². The Kier molecular flexibility index (Phi) is 3.83. The molecule has 2 unspecified atom stereocenters. The summed E-state index contributed by atoms with van der Waals surface area (Å²) in [5.74, 6) is 0.443. The van der Waals surface area contributed by atoms with Crippen LogP contribution in [-0.2, 0) is 10.2 Å². The summed E-state index contributed by atoms with van der Waals surface area (Å²) in [5, 5.41) is 1.73. The lowest BCUT2D eigenvalue weighted by atomic mass is 9.89. The lowest BCUT2D eigenvalue weighted by Crippen LogP contribution is -2.53. The average Bonchev–Trinajstić information content (AvgIpc) is 2.90. The molecule has 3 rings (SSSR count). The van der Waals surface area contributed by atoms with Gasteiger partial charge in [-0.1, -0.05) is 12.2 Å². The molecule has 21 heavy (non-hydrogen) atoms. The van der Waals surface area contributed by atoms with Gasteiger partial charge in [-0.05, 0) is 18.4 Å². The van der Waals surface area contributed by atoms with Crippen molar-refractivity contribution in [3.8, 4) is 0 Å². The van der Waals surface area contributed by atoms with Gasteiger partial charge >= 0.3 is 0 Å². The zero-order valence-electron chi connectivity index (χ0n) is 12.7. The topological polar surface area (TPSA) is 59.1 Å². The van der Waals surface area contributed by atoms with Gasteiger partial charge in [-0.3, -0.25) is 0 Å². The zero-order chi connectivity index (χ0) is 15.2. The van der Waals surface area contributed by atoms with E-state index in [2.05, 4.69) is 28.6 Å². The Morgan fingerprint density at radius 3 is 2.81 bits per heavy atom. The van der Waals surface area contributed by atoms with E-state index >= 15 is 0 Å². The molecule has 0 aromatic heterocycles. The maximum Gasteiger partial charge on any atom is 0.295 e. The van der Waals surface area contributed by atoms with Crippen LogP contribution in [0, 0.1) is 5.92 Å². The molecule has 0 bridgehead atoms. The first kappa shape index (κ1) is 15.0. The number of piperidine rings is 1. The molecule has 1 N–H and O–H groups in total. The lowest BCUT2D eigenvalue weighted by molar-refractivity contribution is 0.0484. The highest BCUT2D eigenvalue weighted by Crippen LogP contribution is 2.33. The smallest absolute Gasteiger partial charge is 0.295 e. The number of hydrogen-bond donors (Lipinski definition) is 1. The van der Waals surface area contributed by atoms with Gasteiger partial charge < -0.3 is 4.90 Å². The summed E-state index contributed by atoms with van der Waals surface area (Å²) in [4.78, 5) is 2.36. The molecule has 3 heterocycles. The number of fused-ring (bicyclic) bond motifs is 3. The molecule has 8 heteroatoms. The number of rotatable bonds is 3. The monoisotopic (exact) mass is 313 g/mol. The summed E-state index contributed by atoms with van der Waals surface area (Å²) in [6.07, 6.45) is 7.45. The van der Waals surface area contributed by atoms with E-state index in [9.17, 15) is 8.42 Å². The van der Waals surface area contributed by atoms with E-state index in [1.165, 1.54) is 14.4 Å². The van der Waals surface area contributed by atoms with Crippen molar-refractivity contribution in [2.75, 3.05) is 40.8 Å². The van der Waals surface area contributed by atoms with Crippen molar-refractivity contribution in [3.05, 3.63) is 23.9 Å². The van der Waals surface area contributed by atoms with Gasteiger partial charge in [0.1, 0.15) is 0 Å². The summed E-state index contributed by atoms with van der Waals surface area (Å²) in [6.45, 7) is 2.70. The van der Waals surface area contributed by atoms with E-state index < -0.39 is 10.2 Å². The highest BCUT2D eigenvalue weighted by molar-refractivity contribution is 7.86. The zero-order valence-corrected chi connectivity index (χ0v) is 13.5. The second-order valence-corrected chi connectivity index (χ2v) is 8.08. The highest BCUT2D eigenvalue weighted by Gasteiger charge is 2.43. The number of nitrogens with one attached hydrogen (secondary N) is 1. The van der Waals surface area contributed by atoms with Crippen LogP contribution in [0.5, 0.6) is 0 Å². The largest absolute Gasteiger partial charge is 0.370 e. The van der Waals surface area contributed by atoms with E-state index in [0.717, 1.165) is 19.5 Å². The molecule has 2 saturated heterocycles. The Labute approximate surface area is 126 Å². The molecule has 0 spiro atoms. The van der Waals surface area contributed by atoms with Gasteiger partial charge in [-0.15, -0.1) is 4.41 Å². The fraction of sp³-hybridized carbons (Fsp3) is 0.692. The predicted molar refractivity (Wildman–Crippen MR) is 80.9 cm³/mol. The summed E-state index contributed by atoms with van der Waals surface area (Å²) in [7, 11) is 1.23. The summed E-state index contributed by atoms with van der Waals surface area (Å²) >= 11 is 0. The summed E-state index contributed by atoms with van der Waals surface area (Å²) < 4.78 is 27.0. The van der Waals surface area contributed by atoms with Crippen LogP contribution in [-0.4, -0.2) is 74.0 Å². The van der Waals surface area contributed by atoms with Gasteiger partial charge in [-0.25, -0.2) is 5.43 Å². The van der Waals surface area contributed by atoms with E-state index in [-0.39, 0.29) is 6.04 Å². The molecule has 118 valence electrons. The fourth-order valence-corrected chi connectivity index (χ4v) is 4.01. The molecule has 0 aromatic rings. The van der Waals surface area contributed by atoms with E-state index in [0.29, 0.717) is 12.5 Å². The van der Waals surface area contributed by atoms with Crippen LogP contribution in [0.3, 0.4) is 0 Å². The molecule has 0 aliphatic carbocycles. The third kappa shape index (κ3) is 2.51. The van der Waals surface area contributed by atoms with Crippen LogP contribution in [0.15, 0.2) is 23.9 Å². The average molecular weight is 313 g/mol. The maximum atomic E-state index is 12.2. The minimum Gasteiger partial charge on any atom is -0.370 e. The number of allylic oxidation sites excluding steroid dienone is 2. The molecule has 0 amide bonds. The molecule has 0 saturated carbocycles. The molecule has 0 radical (unpaired) electrons. The Bertz CT molecular complexity index is 571. The second-order valence-electron chi connectivity index (χ2n) is 5.93. The lowest BCUT2D eigenvalue weighted by Gasteiger charge is -2.39. The van der Waals surface area contributed by atoms with E-state index in [1.54, 1.807) is 26.3 Å². The van der Waals surface area contributed by atoms with Crippen LogP contribution in [0.4, 0.5) is 0 Å². The molecule has 3 aliphatic rings. The second kappa shape index (κ2) is 5.36. The van der Waals surface area contributed by atoms with Gasteiger partial charge in [-0.2, -0.15) is 17.8 Å². The third-order valence-electron chi connectivity index (χ3n) is 4.48. The van der Waals surface area contributed by atoms with Crippen molar-refractivity contribution in [2.45, 2.75) is 12.5 Å². The van der Waals surface area contributed by atoms with Gasteiger partial charge in [0.05, 0.1) is 6.04 Å².